The molecular weight excluding hydrogens is 228 g/mol. The lowest BCUT2D eigenvalue weighted by molar-refractivity contribution is 0.337. The molecule has 3 heteroatoms. The Bertz CT molecular complexity index is 374. The third-order valence-corrected chi connectivity index (χ3v) is 3.20. The number of rotatable bonds is 3. The topological polar surface area (TPSA) is 9.23 Å². The van der Waals surface area contributed by atoms with Gasteiger partial charge in [-0.1, -0.05) is 24.6 Å². The third kappa shape index (κ3) is 2.70. The Kier molecular flexibility index (Phi) is 4.55. The van der Waals surface area contributed by atoms with Crippen LogP contribution >= 0.6 is 23.8 Å². The van der Waals surface area contributed by atoms with Crippen LogP contribution in [0.25, 0.3) is 0 Å². The largest absolute Gasteiger partial charge is 0.483 e. The summed E-state index contributed by atoms with van der Waals surface area (Å²) < 4.78 is 5.28. The van der Waals surface area contributed by atoms with Crippen molar-refractivity contribution in [3.63, 3.8) is 0 Å². The number of hydrogen-bond acceptors (Lipinski definition) is 2. The first-order valence-corrected chi connectivity index (χ1v) is 5.85. The molecule has 0 bridgehead atoms. The molecule has 0 aliphatic rings. The molecule has 0 N–H and O–H groups in total. The average molecular weight is 243 g/mol. The van der Waals surface area contributed by atoms with E-state index in [9.17, 15) is 0 Å². The van der Waals surface area contributed by atoms with Crippen molar-refractivity contribution >= 4 is 28.9 Å². The van der Waals surface area contributed by atoms with Crippen LogP contribution in [0.1, 0.15) is 30.5 Å². The summed E-state index contributed by atoms with van der Waals surface area (Å²) in [5.74, 6) is 0. The van der Waals surface area contributed by atoms with Crippen molar-refractivity contribution < 1.29 is 4.74 Å². The summed E-state index contributed by atoms with van der Waals surface area (Å²) in [7, 11) is 0. The fourth-order valence-corrected chi connectivity index (χ4v) is 2.09. The molecule has 0 aliphatic carbocycles. The molecule has 15 heavy (non-hydrogen) atoms. The van der Waals surface area contributed by atoms with Crippen molar-refractivity contribution in [2.45, 2.75) is 27.2 Å². The van der Waals surface area contributed by atoms with E-state index in [-0.39, 0.29) is 0 Å². The molecule has 0 aromatic heterocycles. The fraction of sp³-hybridized carbons (Fsp3) is 0.417. The lowest BCUT2D eigenvalue weighted by Gasteiger charge is -2.11. The summed E-state index contributed by atoms with van der Waals surface area (Å²) in [5.41, 5.74) is 3.17. The highest BCUT2D eigenvalue weighted by Gasteiger charge is 2.11. The monoisotopic (exact) mass is 242 g/mol. The zero-order chi connectivity index (χ0) is 11.4. The first-order chi connectivity index (χ1) is 7.11. The van der Waals surface area contributed by atoms with E-state index in [2.05, 4.69) is 13.0 Å². The van der Waals surface area contributed by atoms with Gasteiger partial charge in [-0.2, -0.15) is 0 Å². The Morgan fingerprint density at radius 2 is 2.07 bits per heavy atom. The second-order valence-corrected chi connectivity index (χ2v) is 4.03. The number of aryl methyl sites for hydroxylation is 1. The van der Waals surface area contributed by atoms with Crippen LogP contribution in [0.3, 0.4) is 0 Å². The van der Waals surface area contributed by atoms with E-state index in [1.165, 1.54) is 5.56 Å². The van der Waals surface area contributed by atoms with Gasteiger partial charge in [0.1, 0.15) is 0 Å². The Hall–Kier alpha value is -0.600. The minimum absolute atomic E-state index is 0.480. The van der Waals surface area contributed by atoms with Crippen LogP contribution in [-0.4, -0.2) is 11.7 Å². The van der Waals surface area contributed by atoms with E-state index in [0.717, 1.165) is 17.5 Å². The van der Waals surface area contributed by atoms with Crippen molar-refractivity contribution in [2.75, 3.05) is 6.61 Å². The predicted molar refractivity (Wildman–Crippen MR) is 68.9 cm³/mol. The second kappa shape index (κ2) is 5.47. The van der Waals surface area contributed by atoms with Crippen LogP contribution in [0.2, 0.25) is 5.02 Å². The summed E-state index contributed by atoms with van der Waals surface area (Å²) in [5, 5.41) is 1.20. The molecule has 0 spiro atoms. The first-order valence-electron chi connectivity index (χ1n) is 5.06. The molecule has 0 unspecified atom stereocenters. The van der Waals surface area contributed by atoms with Gasteiger partial charge in [0.25, 0.3) is 0 Å². The Balaban J connectivity index is 3.11. The van der Waals surface area contributed by atoms with E-state index in [1.807, 2.05) is 19.9 Å². The van der Waals surface area contributed by atoms with Gasteiger partial charge in [-0.3, -0.25) is 0 Å². The van der Waals surface area contributed by atoms with Gasteiger partial charge < -0.3 is 4.74 Å². The maximum absolute atomic E-state index is 6.24. The van der Waals surface area contributed by atoms with Crippen LogP contribution in [0.15, 0.2) is 12.1 Å². The summed E-state index contributed by atoms with van der Waals surface area (Å²) in [4.78, 5) is 0. The third-order valence-electron chi connectivity index (χ3n) is 2.37. The van der Waals surface area contributed by atoms with Gasteiger partial charge in [-0.25, -0.2) is 0 Å². The number of thiocarbonyl (C=S) groups is 1. The smallest absolute Gasteiger partial charge is 0.192 e. The number of halogens is 1. The SMILES string of the molecule is CCOC(=S)c1ccc(CC)c(C)c1Cl. The van der Waals surface area contributed by atoms with Gasteiger partial charge in [0, 0.05) is 5.56 Å². The van der Waals surface area contributed by atoms with Gasteiger partial charge >= 0.3 is 0 Å². The summed E-state index contributed by atoms with van der Waals surface area (Å²) in [6.45, 7) is 6.61. The number of hydrogen-bond donors (Lipinski definition) is 0. The minimum atomic E-state index is 0.480. The Morgan fingerprint density at radius 3 is 2.60 bits per heavy atom. The zero-order valence-corrected chi connectivity index (χ0v) is 10.8. The Labute approximate surface area is 101 Å². The summed E-state index contributed by atoms with van der Waals surface area (Å²) in [6.07, 6.45) is 0.979. The van der Waals surface area contributed by atoms with Crippen molar-refractivity contribution in [1.29, 1.82) is 0 Å². The molecule has 0 amide bonds. The van der Waals surface area contributed by atoms with E-state index in [1.54, 1.807) is 0 Å². The lowest BCUT2D eigenvalue weighted by Crippen LogP contribution is -2.05. The molecule has 82 valence electrons. The molecule has 0 aliphatic heterocycles. The lowest BCUT2D eigenvalue weighted by atomic mass is 10.0. The highest BCUT2D eigenvalue weighted by molar-refractivity contribution is 7.80. The first kappa shape index (κ1) is 12.5. The van der Waals surface area contributed by atoms with Gasteiger partial charge in [-0.15, -0.1) is 0 Å². The summed E-state index contributed by atoms with van der Waals surface area (Å²) in [6, 6.07) is 3.99. The van der Waals surface area contributed by atoms with Crippen molar-refractivity contribution in [3.05, 3.63) is 33.8 Å². The quantitative estimate of drug-likeness (QED) is 0.743. The molecule has 0 radical (unpaired) electrons. The molecule has 0 heterocycles. The fourth-order valence-electron chi connectivity index (χ4n) is 1.47. The van der Waals surface area contributed by atoms with E-state index in [0.29, 0.717) is 16.7 Å². The maximum Gasteiger partial charge on any atom is 0.192 e. The normalized spacial score (nSPS) is 10.1. The molecule has 0 saturated heterocycles. The van der Waals surface area contributed by atoms with E-state index >= 15 is 0 Å². The molecule has 0 saturated carbocycles. The van der Waals surface area contributed by atoms with Crippen molar-refractivity contribution in [2.24, 2.45) is 0 Å². The highest BCUT2D eigenvalue weighted by Crippen LogP contribution is 2.25. The number of ether oxygens (including phenoxy) is 1. The van der Waals surface area contributed by atoms with Crippen LogP contribution in [-0.2, 0) is 11.2 Å². The van der Waals surface area contributed by atoms with Crippen LogP contribution in [0.5, 0.6) is 0 Å². The minimum Gasteiger partial charge on any atom is -0.483 e. The maximum atomic E-state index is 6.24. The van der Waals surface area contributed by atoms with Crippen molar-refractivity contribution in [1.82, 2.24) is 0 Å². The van der Waals surface area contributed by atoms with E-state index < -0.39 is 0 Å². The zero-order valence-electron chi connectivity index (χ0n) is 9.26. The van der Waals surface area contributed by atoms with Crippen LogP contribution < -0.4 is 0 Å². The van der Waals surface area contributed by atoms with Gasteiger partial charge in [-0.05, 0) is 49.7 Å². The standard InChI is InChI=1S/C12H15ClOS/c1-4-9-6-7-10(11(13)8(9)3)12(15)14-5-2/h6-7H,4-5H2,1-3H3. The molecule has 1 nitrogen and oxygen atoms in total. The average Bonchev–Trinajstić information content (AvgIpc) is 2.22. The molecular formula is C12H15ClOS. The van der Waals surface area contributed by atoms with Crippen LogP contribution in [0.4, 0.5) is 0 Å². The Morgan fingerprint density at radius 1 is 1.40 bits per heavy atom. The second-order valence-electron chi connectivity index (χ2n) is 3.29. The van der Waals surface area contributed by atoms with E-state index in [4.69, 9.17) is 28.6 Å². The molecule has 1 aromatic carbocycles. The van der Waals surface area contributed by atoms with Gasteiger partial charge in [0.2, 0.25) is 0 Å². The van der Waals surface area contributed by atoms with Gasteiger partial charge in [0.05, 0.1) is 11.6 Å². The molecule has 0 atom stereocenters. The highest BCUT2D eigenvalue weighted by atomic mass is 35.5. The molecule has 1 rings (SSSR count). The number of benzene rings is 1. The van der Waals surface area contributed by atoms with Crippen LogP contribution in [0, 0.1) is 6.92 Å². The molecule has 1 aromatic rings. The predicted octanol–water partition coefficient (Wildman–Crippen LogP) is 3.92. The summed E-state index contributed by atoms with van der Waals surface area (Å²) >= 11 is 11.4. The molecule has 0 fully saturated rings. The van der Waals surface area contributed by atoms with Gasteiger partial charge in [0.15, 0.2) is 5.05 Å². The van der Waals surface area contributed by atoms with Crippen molar-refractivity contribution in [3.8, 4) is 0 Å².